The lowest BCUT2D eigenvalue weighted by Crippen LogP contribution is -1.96. The van der Waals surface area contributed by atoms with Crippen molar-refractivity contribution in [1.82, 2.24) is 0 Å². The minimum Gasteiger partial charge on any atom is -0.206 e. The molecular weight excluding hydrogens is 328 g/mol. The van der Waals surface area contributed by atoms with Crippen LogP contribution in [0.4, 0.5) is 17.6 Å². The average Bonchev–Trinajstić information content (AvgIpc) is 2.98. The Labute approximate surface area is 142 Å². The summed E-state index contributed by atoms with van der Waals surface area (Å²) in [6, 6.07) is 10.9. The van der Waals surface area contributed by atoms with E-state index in [2.05, 4.69) is 13.0 Å². The second-order valence-electron chi connectivity index (χ2n) is 6.23. The first kappa shape index (κ1) is 15.9. The summed E-state index contributed by atoms with van der Waals surface area (Å²) in [6.07, 6.45) is 1.33. The topological polar surface area (TPSA) is 0 Å². The molecule has 0 amide bonds. The Morgan fingerprint density at radius 3 is 2.08 bits per heavy atom. The van der Waals surface area contributed by atoms with Gasteiger partial charge in [0.05, 0.1) is 0 Å². The van der Waals surface area contributed by atoms with Crippen LogP contribution >= 0.6 is 0 Å². The third kappa shape index (κ3) is 2.44. The Bertz CT molecular complexity index is 982. The number of hydrogen-bond donors (Lipinski definition) is 0. The van der Waals surface area contributed by atoms with Crippen molar-refractivity contribution in [2.24, 2.45) is 0 Å². The minimum absolute atomic E-state index is 0.0121. The van der Waals surface area contributed by atoms with E-state index in [1.165, 1.54) is 11.6 Å². The maximum atomic E-state index is 15.0. The predicted octanol–water partition coefficient (Wildman–Crippen LogP) is 6.04. The SMILES string of the molecule is CCc1ccc2c(c1)Cc1c-2ccc(-c2cc(F)c(F)c(F)c2)c1F. The zero-order valence-electron chi connectivity index (χ0n) is 13.5. The van der Waals surface area contributed by atoms with Crippen molar-refractivity contribution in [1.29, 1.82) is 0 Å². The number of rotatable bonds is 2. The number of hydrogen-bond acceptors (Lipinski definition) is 0. The van der Waals surface area contributed by atoms with Crippen molar-refractivity contribution in [2.45, 2.75) is 19.8 Å². The molecule has 25 heavy (non-hydrogen) atoms. The molecule has 4 rings (SSSR count). The number of halogens is 4. The van der Waals surface area contributed by atoms with Gasteiger partial charge in [-0.1, -0.05) is 37.3 Å². The fourth-order valence-corrected chi connectivity index (χ4v) is 3.45. The minimum atomic E-state index is -1.55. The summed E-state index contributed by atoms with van der Waals surface area (Å²) in [5, 5.41) is 0. The van der Waals surface area contributed by atoms with E-state index in [-0.39, 0.29) is 11.1 Å². The monoisotopic (exact) mass is 342 g/mol. The molecule has 4 heteroatoms. The van der Waals surface area contributed by atoms with E-state index >= 15 is 4.39 Å². The van der Waals surface area contributed by atoms with Gasteiger partial charge in [0.1, 0.15) is 5.82 Å². The van der Waals surface area contributed by atoms with Gasteiger partial charge in [0.2, 0.25) is 0 Å². The van der Waals surface area contributed by atoms with Gasteiger partial charge in [0.15, 0.2) is 17.5 Å². The van der Waals surface area contributed by atoms with Gasteiger partial charge >= 0.3 is 0 Å². The molecular formula is C21H14F4. The summed E-state index contributed by atoms with van der Waals surface area (Å²) in [5.41, 5.74) is 4.56. The zero-order valence-corrected chi connectivity index (χ0v) is 13.5. The highest BCUT2D eigenvalue weighted by atomic mass is 19.2. The molecule has 0 spiro atoms. The van der Waals surface area contributed by atoms with Crippen LogP contribution < -0.4 is 0 Å². The van der Waals surface area contributed by atoms with Crippen LogP contribution in [0.5, 0.6) is 0 Å². The Kier molecular flexibility index (Phi) is 3.64. The maximum Gasteiger partial charge on any atom is 0.194 e. The quantitative estimate of drug-likeness (QED) is 0.307. The number of fused-ring (bicyclic) bond motifs is 3. The van der Waals surface area contributed by atoms with Crippen LogP contribution in [0.25, 0.3) is 22.3 Å². The van der Waals surface area contributed by atoms with E-state index in [1.807, 2.05) is 12.1 Å². The lowest BCUT2D eigenvalue weighted by Gasteiger charge is -2.09. The van der Waals surface area contributed by atoms with E-state index in [9.17, 15) is 13.2 Å². The molecule has 0 nitrogen and oxygen atoms in total. The molecule has 0 fully saturated rings. The van der Waals surface area contributed by atoms with Gasteiger partial charge < -0.3 is 0 Å². The van der Waals surface area contributed by atoms with Crippen LogP contribution in [0.15, 0.2) is 42.5 Å². The van der Waals surface area contributed by atoms with Crippen molar-refractivity contribution >= 4 is 0 Å². The van der Waals surface area contributed by atoms with Crippen LogP contribution in [0.1, 0.15) is 23.6 Å². The summed E-state index contributed by atoms with van der Waals surface area (Å²) < 4.78 is 55.2. The molecule has 0 heterocycles. The molecule has 1 aliphatic rings. The second kappa shape index (κ2) is 5.73. The fraction of sp³-hybridized carbons (Fsp3) is 0.143. The average molecular weight is 342 g/mol. The van der Waals surface area contributed by atoms with E-state index < -0.39 is 23.3 Å². The van der Waals surface area contributed by atoms with Gasteiger partial charge in [-0.15, -0.1) is 0 Å². The Balaban J connectivity index is 1.85. The summed E-state index contributed by atoms with van der Waals surface area (Å²) in [6.45, 7) is 2.06. The summed E-state index contributed by atoms with van der Waals surface area (Å²) in [5.74, 6) is -4.72. The molecule has 0 bridgehead atoms. The summed E-state index contributed by atoms with van der Waals surface area (Å²) >= 11 is 0. The highest BCUT2D eigenvalue weighted by molar-refractivity contribution is 5.81. The highest BCUT2D eigenvalue weighted by Crippen LogP contribution is 2.41. The molecule has 0 atom stereocenters. The maximum absolute atomic E-state index is 15.0. The third-order valence-corrected chi connectivity index (χ3v) is 4.77. The highest BCUT2D eigenvalue weighted by Gasteiger charge is 2.24. The van der Waals surface area contributed by atoms with Crippen molar-refractivity contribution in [3.05, 3.63) is 82.4 Å². The first-order valence-corrected chi connectivity index (χ1v) is 8.08. The number of aryl methyl sites for hydroxylation is 1. The second-order valence-corrected chi connectivity index (χ2v) is 6.23. The van der Waals surface area contributed by atoms with E-state index in [0.717, 1.165) is 35.2 Å². The summed E-state index contributed by atoms with van der Waals surface area (Å²) in [4.78, 5) is 0. The first-order valence-electron chi connectivity index (χ1n) is 8.08. The fourth-order valence-electron chi connectivity index (χ4n) is 3.45. The molecule has 1 aliphatic carbocycles. The van der Waals surface area contributed by atoms with Crippen molar-refractivity contribution in [3.8, 4) is 22.3 Å². The summed E-state index contributed by atoms with van der Waals surface area (Å²) in [7, 11) is 0. The lowest BCUT2D eigenvalue weighted by molar-refractivity contribution is 0.447. The molecule has 0 saturated carbocycles. The normalized spacial score (nSPS) is 12.2. The van der Waals surface area contributed by atoms with Crippen LogP contribution in [0, 0.1) is 23.3 Å². The first-order chi connectivity index (χ1) is 12.0. The third-order valence-electron chi connectivity index (χ3n) is 4.77. The predicted molar refractivity (Wildman–Crippen MR) is 89.3 cm³/mol. The lowest BCUT2D eigenvalue weighted by atomic mass is 9.97. The van der Waals surface area contributed by atoms with E-state index in [4.69, 9.17) is 0 Å². The molecule has 0 radical (unpaired) electrons. The molecule has 0 unspecified atom stereocenters. The van der Waals surface area contributed by atoms with Crippen LogP contribution in [-0.4, -0.2) is 0 Å². The van der Waals surface area contributed by atoms with Crippen molar-refractivity contribution in [2.75, 3.05) is 0 Å². The van der Waals surface area contributed by atoms with Gasteiger partial charge in [0.25, 0.3) is 0 Å². The molecule has 0 saturated heterocycles. The molecule has 126 valence electrons. The largest absolute Gasteiger partial charge is 0.206 e. The molecule has 0 aromatic heterocycles. The van der Waals surface area contributed by atoms with Gasteiger partial charge in [-0.2, -0.15) is 0 Å². The molecule has 0 aliphatic heterocycles. The number of benzene rings is 3. The Morgan fingerprint density at radius 1 is 0.760 bits per heavy atom. The van der Waals surface area contributed by atoms with Gasteiger partial charge in [-0.25, -0.2) is 17.6 Å². The smallest absolute Gasteiger partial charge is 0.194 e. The molecule has 0 N–H and O–H groups in total. The van der Waals surface area contributed by atoms with Gasteiger partial charge in [-0.3, -0.25) is 0 Å². The Hall–Kier alpha value is -2.62. The van der Waals surface area contributed by atoms with Crippen molar-refractivity contribution in [3.63, 3.8) is 0 Å². The standard InChI is InChI=1S/C21H14F4/c1-2-11-3-4-14-12(7-11)8-17-16(14)6-5-15(20(17)24)13-9-18(22)21(25)19(23)10-13/h3-7,9-10H,2,8H2,1H3. The van der Waals surface area contributed by atoms with Crippen LogP contribution in [0.2, 0.25) is 0 Å². The van der Waals surface area contributed by atoms with Crippen LogP contribution in [-0.2, 0) is 12.8 Å². The van der Waals surface area contributed by atoms with Gasteiger partial charge in [0, 0.05) is 17.5 Å². The Morgan fingerprint density at radius 2 is 1.40 bits per heavy atom. The van der Waals surface area contributed by atoms with Gasteiger partial charge in [-0.05, 0) is 46.4 Å². The van der Waals surface area contributed by atoms with Crippen LogP contribution in [0.3, 0.4) is 0 Å². The zero-order chi connectivity index (χ0) is 17.7. The molecule has 3 aromatic rings. The van der Waals surface area contributed by atoms with E-state index in [1.54, 1.807) is 6.07 Å². The van der Waals surface area contributed by atoms with Crippen molar-refractivity contribution < 1.29 is 17.6 Å². The van der Waals surface area contributed by atoms with E-state index in [0.29, 0.717) is 12.0 Å². The molecule has 3 aromatic carbocycles.